The summed E-state index contributed by atoms with van der Waals surface area (Å²) < 4.78 is 19.3. The van der Waals surface area contributed by atoms with E-state index in [2.05, 4.69) is 27.9 Å². The lowest BCUT2D eigenvalue weighted by Gasteiger charge is -2.32. The predicted octanol–water partition coefficient (Wildman–Crippen LogP) is 3.97. The monoisotopic (exact) mass is 435 g/mol. The number of ether oxygens (including phenoxy) is 1. The average Bonchev–Trinajstić information content (AvgIpc) is 2.80. The van der Waals surface area contributed by atoms with Gasteiger partial charge in [-0.15, -0.1) is 0 Å². The second kappa shape index (κ2) is 9.77. The molecule has 0 radical (unpaired) electrons. The topological polar surface area (TPSA) is 65.3 Å². The Hall–Kier alpha value is -3.15. The molecule has 1 saturated heterocycles. The molecule has 0 unspecified atom stereocenters. The van der Waals surface area contributed by atoms with E-state index in [-0.39, 0.29) is 12.4 Å². The number of piperazine rings is 1. The lowest BCUT2D eigenvalue weighted by molar-refractivity contribution is 0.283. The van der Waals surface area contributed by atoms with Gasteiger partial charge in [-0.1, -0.05) is 23.9 Å². The Balaban J connectivity index is 1.57. The van der Waals surface area contributed by atoms with Gasteiger partial charge in [0.1, 0.15) is 12.4 Å². The van der Waals surface area contributed by atoms with Crippen molar-refractivity contribution < 1.29 is 9.13 Å². The summed E-state index contributed by atoms with van der Waals surface area (Å²) in [5.41, 5.74) is 1.47. The molecule has 6 nitrogen and oxygen atoms in total. The number of hydrogen-bond donors (Lipinski definition) is 0. The van der Waals surface area contributed by atoms with Crippen LogP contribution in [-0.2, 0) is 6.61 Å². The largest absolute Gasteiger partial charge is 0.472 e. The summed E-state index contributed by atoms with van der Waals surface area (Å²) in [4.78, 5) is 15.5. The van der Waals surface area contributed by atoms with Crippen molar-refractivity contribution in [1.82, 2.24) is 14.9 Å². The number of nitrogens with zero attached hydrogens (tertiary/aromatic N) is 5. The van der Waals surface area contributed by atoms with Crippen molar-refractivity contribution in [3.05, 3.63) is 71.7 Å². The van der Waals surface area contributed by atoms with Gasteiger partial charge in [0.2, 0.25) is 11.8 Å². The molecular weight excluding hydrogens is 413 g/mol. The van der Waals surface area contributed by atoms with Crippen LogP contribution in [0.5, 0.6) is 5.88 Å². The smallest absolute Gasteiger partial charge is 0.232 e. The van der Waals surface area contributed by atoms with Gasteiger partial charge in [0.25, 0.3) is 0 Å². The summed E-state index contributed by atoms with van der Waals surface area (Å²) in [6.07, 6.45) is 1.78. The Kier molecular flexibility index (Phi) is 6.65. The number of likely N-dealkylation sites (N-methyl/N-ethyl adjacent to an activating group) is 1. The van der Waals surface area contributed by atoms with E-state index in [1.165, 1.54) is 23.9 Å². The fourth-order valence-electron chi connectivity index (χ4n) is 3.14. The van der Waals surface area contributed by atoms with E-state index in [0.717, 1.165) is 41.5 Å². The molecule has 31 heavy (non-hydrogen) atoms. The lowest BCUT2D eigenvalue weighted by Crippen LogP contribution is -2.45. The number of aromatic nitrogens is 2. The van der Waals surface area contributed by atoms with Gasteiger partial charge in [-0.2, -0.15) is 10.2 Å². The Bertz CT molecular complexity index is 1060. The van der Waals surface area contributed by atoms with Crippen LogP contribution in [0.2, 0.25) is 0 Å². The summed E-state index contributed by atoms with van der Waals surface area (Å²) in [6, 6.07) is 15.7. The first kappa shape index (κ1) is 21.1. The quantitative estimate of drug-likeness (QED) is 0.580. The van der Waals surface area contributed by atoms with E-state index < -0.39 is 0 Å². The second-order valence-electron chi connectivity index (χ2n) is 7.28. The Morgan fingerprint density at radius 1 is 1.06 bits per heavy atom. The van der Waals surface area contributed by atoms with Crippen LogP contribution >= 0.6 is 11.8 Å². The van der Waals surface area contributed by atoms with E-state index in [0.29, 0.717) is 17.4 Å². The number of rotatable bonds is 6. The molecule has 0 atom stereocenters. The van der Waals surface area contributed by atoms with Gasteiger partial charge >= 0.3 is 0 Å². The average molecular weight is 436 g/mol. The zero-order chi connectivity index (χ0) is 21.6. The highest BCUT2D eigenvalue weighted by atomic mass is 32.2. The summed E-state index contributed by atoms with van der Waals surface area (Å²) >= 11 is 1.48. The minimum absolute atomic E-state index is 0.278. The molecule has 3 aromatic rings. The zero-order valence-corrected chi connectivity index (χ0v) is 18.0. The summed E-state index contributed by atoms with van der Waals surface area (Å²) in [5.74, 6) is 0.856. The van der Waals surface area contributed by atoms with Crippen molar-refractivity contribution in [2.45, 2.75) is 16.4 Å². The number of anilines is 1. The molecule has 1 aromatic heterocycles. The highest BCUT2D eigenvalue weighted by Crippen LogP contribution is 2.35. The molecule has 1 aliphatic rings. The molecule has 2 aromatic carbocycles. The molecule has 0 bridgehead atoms. The van der Waals surface area contributed by atoms with Crippen molar-refractivity contribution in [2.75, 3.05) is 38.1 Å². The van der Waals surface area contributed by atoms with Crippen molar-refractivity contribution in [2.24, 2.45) is 0 Å². The molecule has 0 saturated carbocycles. The van der Waals surface area contributed by atoms with E-state index in [1.54, 1.807) is 30.5 Å². The summed E-state index contributed by atoms with van der Waals surface area (Å²) in [5, 5.41) is 9.00. The van der Waals surface area contributed by atoms with Gasteiger partial charge < -0.3 is 14.5 Å². The number of hydrogen-bond acceptors (Lipinski definition) is 7. The predicted molar refractivity (Wildman–Crippen MR) is 118 cm³/mol. The van der Waals surface area contributed by atoms with Crippen LogP contribution in [-0.4, -0.2) is 48.1 Å². The first-order valence-corrected chi connectivity index (χ1v) is 10.8. The maximum Gasteiger partial charge on any atom is 0.232 e. The number of halogens is 1. The normalized spacial score (nSPS) is 14.3. The molecule has 158 valence electrons. The van der Waals surface area contributed by atoms with Crippen molar-refractivity contribution in [3.8, 4) is 11.9 Å². The maximum atomic E-state index is 13.2. The van der Waals surface area contributed by atoms with Crippen LogP contribution in [0.1, 0.15) is 11.1 Å². The molecule has 8 heteroatoms. The molecule has 0 aliphatic carbocycles. The third-order valence-corrected chi connectivity index (χ3v) is 6.00. The van der Waals surface area contributed by atoms with Gasteiger partial charge in [0.05, 0.1) is 22.7 Å². The van der Waals surface area contributed by atoms with Gasteiger partial charge in [0, 0.05) is 31.1 Å². The molecule has 4 rings (SSSR count). The van der Waals surface area contributed by atoms with Crippen LogP contribution in [0.15, 0.2) is 64.5 Å². The first-order valence-electron chi connectivity index (χ1n) is 9.96. The SMILES string of the molecule is CN1CCN(c2ncc(Sc3ccc(C#N)cc3)c(OCc3ccc(F)cc3)n2)CC1. The minimum atomic E-state index is -0.278. The van der Waals surface area contributed by atoms with Gasteiger partial charge in [0.15, 0.2) is 0 Å². The third-order valence-electron chi connectivity index (χ3n) is 5.00. The van der Waals surface area contributed by atoms with Crippen LogP contribution in [0, 0.1) is 17.1 Å². The molecule has 0 amide bonds. The molecule has 1 aliphatic heterocycles. The van der Waals surface area contributed by atoms with Crippen LogP contribution < -0.4 is 9.64 Å². The minimum Gasteiger partial charge on any atom is -0.472 e. The molecule has 0 N–H and O–H groups in total. The Labute approximate surface area is 185 Å². The number of benzene rings is 2. The van der Waals surface area contributed by atoms with Crippen molar-refractivity contribution in [3.63, 3.8) is 0 Å². The number of nitriles is 1. The first-order chi connectivity index (χ1) is 15.1. The van der Waals surface area contributed by atoms with E-state index in [1.807, 2.05) is 12.1 Å². The molecular formula is C23H22FN5OS. The fraction of sp³-hybridized carbons (Fsp3) is 0.261. The lowest BCUT2D eigenvalue weighted by atomic mass is 10.2. The highest BCUT2D eigenvalue weighted by molar-refractivity contribution is 7.99. The van der Waals surface area contributed by atoms with Crippen LogP contribution in [0.3, 0.4) is 0 Å². The zero-order valence-electron chi connectivity index (χ0n) is 17.2. The van der Waals surface area contributed by atoms with Crippen LogP contribution in [0.25, 0.3) is 0 Å². The molecule has 2 heterocycles. The van der Waals surface area contributed by atoms with E-state index in [9.17, 15) is 4.39 Å². The highest BCUT2D eigenvalue weighted by Gasteiger charge is 2.19. The standard InChI is InChI=1S/C23H22FN5OS/c1-28-10-12-29(13-11-28)23-26-15-21(31-20-8-4-17(14-25)5-9-20)22(27-23)30-16-18-2-6-19(24)7-3-18/h2-9,15H,10-13,16H2,1H3. The fourth-order valence-corrected chi connectivity index (χ4v) is 3.96. The summed E-state index contributed by atoms with van der Waals surface area (Å²) in [6.45, 7) is 3.90. The van der Waals surface area contributed by atoms with Gasteiger partial charge in [-0.05, 0) is 49.0 Å². The van der Waals surface area contributed by atoms with Crippen LogP contribution in [0.4, 0.5) is 10.3 Å². The second-order valence-corrected chi connectivity index (χ2v) is 8.40. The van der Waals surface area contributed by atoms with Crippen molar-refractivity contribution >= 4 is 17.7 Å². The van der Waals surface area contributed by atoms with Crippen molar-refractivity contribution in [1.29, 1.82) is 5.26 Å². The van der Waals surface area contributed by atoms with Gasteiger partial charge in [-0.25, -0.2) is 9.37 Å². The Morgan fingerprint density at radius 2 is 1.77 bits per heavy atom. The van der Waals surface area contributed by atoms with E-state index >= 15 is 0 Å². The van der Waals surface area contributed by atoms with E-state index in [4.69, 9.17) is 15.0 Å². The third kappa shape index (κ3) is 5.51. The van der Waals surface area contributed by atoms with Gasteiger partial charge in [-0.3, -0.25) is 0 Å². The molecule has 0 spiro atoms. The summed E-state index contributed by atoms with van der Waals surface area (Å²) in [7, 11) is 2.10. The Morgan fingerprint density at radius 3 is 2.45 bits per heavy atom. The molecule has 1 fully saturated rings. The maximum absolute atomic E-state index is 13.2.